The molecule has 2 heterocycles. The number of carbonyl (C=O) groups is 2. The minimum atomic E-state index is -0.313. The summed E-state index contributed by atoms with van der Waals surface area (Å²) in [7, 11) is 0. The fraction of sp³-hybridized carbons (Fsp3) is 0.222. The molecule has 1 aromatic carbocycles. The molecule has 0 atom stereocenters. The summed E-state index contributed by atoms with van der Waals surface area (Å²) in [6.45, 7) is 3.99. The SMILES string of the molecule is CC(C)NC(=O)Nc1cccc(C(=O)NCc2nnc3ccccn23)c1. The van der Waals surface area contributed by atoms with E-state index < -0.39 is 0 Å². The van der Waals surface area contributed by atoms with Crippen LogP contribution in [0.3, 0.4) is 0 Å². The molecular formula is C18H20N6O2. The minimum Gasteiger partial charge on any atom is -0.345 e. The van der Waals surface area contributed by atoms with Crippen LogP contribution in [0.1, 0.15) is 30.0 Å². The maximum Gasteiger partial charge on any atom is 0.319 e. The van der Waals surface area contributed by atoms with Gasteiger partial charge in [0, 0.05) is 23.5 Å². The van der Waals surface area contributed by atoms with Crippen LogP contribution in [-0.4, -0.2) is 32.6 Å². The van der Waals surface area contributed by atoms with Gasteiger partial charge in [-0.3, -0.25) is 9.20 Å². The van der Waals surface area contributed by atoms with Gasteiger partial charge < -0.3 is 16.0 Å². The van der Waals surface area contributed by atoms with Crippen LogP contribution in [0.15, 0.2) is 48.7 Å². The molecule has 0 radical (unpaired) electrons. The number of fused-ring (bicyclic) bond motifs is 1. The third-order valence-corrected chi connectivity index (χ3v) is 3.59. The van der Waals surface area contributed by atoms with Gasteiger partial charge in [-0.2, -0.15) is 0 Å². The van der Waals surface area contributed by atoms with E-state index >= 15 is 0 Å². The second kappa shape index (κ2) is 7.64. The Morgan fingerprint density at radius 2 is 1.96 bits per heavy atom. The maximum absolute atomic E-state index is 12.4. The predicted molar refractivity (Wildman–Crippen MR) is 97.9 cm³/mol. The van der Waals surface area contributed by atoms with Crippen LogP contribution in [0.2, 0.25) is 0 Å². The van der Waals surface area contributed by atoms with Crippen molar-refractivity contribution in [3.8, 4) is 0 Å². The number of nitrogens with one attached hydrogen (secondary N) is 3. The van der Waals surface area contributed by atoms with Gasteiger partial charge in [-0.25, -0.2) is 4.79 Å². The lowest BCUT2D eigenvalue weighted by atomic mass is 10.2. The summed E-state index contributed by atoms with van der Waals surface area (Å²) in [5.41, 5.74) is 1.71. The molecule has 26 heavy (non-hydrogen) atoms. The van der Waals surface area contributed by atoms with Gasteiger partial charge >= 0.3 is 6.03 Å². The lowest BCUT2D eigenvalue weighted by molar-refractivity contribution is 0.0949. The van der Waals surface area contributed by atoms with E-state index in [-0.39, 0.29) is 24.5 Å². The van der Waals surface area contributed by atoms with Gasteiger partial charge in [-0.15, -0.1) is 10.2 Å². The van der Waals surface area contributed by atoms with E-state index in [0.29, 0.717) is 17.1 Å². The lowest BCUT2D eigenvalue weighted by Gasteiger charge is -2.11. The Bertz CT molecular complexity index is 934. The molecule has 134 valence electrons. The van der Waals surface area contributed by atoms with Gasteiger partial charge in [-0.1, -0.05) is 12.1 Å². The molecule has 0 aliphatic heterocycles. The van der Waals surface area contributed by atoms with Crippen LogP contribution in [0, 0.1) is 0 Å². The molecule has 0 fully saturated rings. The highest BCUT2D eigenvalue weighted by molar-refractivity contribution is 5.96. The van der Waals surface area contributed by atoms with E-state index in [1.165, 1.54) is 0 Å². The zero-order chi connectivity index (χ0) is 18.5. The average molecular weight is 352 g/mol. The van der Waals surface area contributed by atoms with Gasteiger partial charge in [0.15, 0.2) is 11.5 Å². The first-order chi connectivity index (χ1) is 12.5. The Balaban J connectivity index is 1.64. The highest BCUT2D eigenvalue weighted by Gasteiger charge is 2.10. The van der Waals surface area contributed by atoms with Crippen LogP contribution in [0.5, 0.6) is 0 Å². The quantitative estimate of drug-likeness (QED) is 0.655. The molecule has 0 spiro atoms. The van der Waals surface area contributed by atoms with E-state index in [1.807, 2.05) is 42.6 Å². The Labute approximate surface area is 150 Å². The first-order valence-electron chi connectivity index (χ1n) is 8.27. The summed E-state index contributed by atoms with van der Waals surface area (Å²) in [6, 6.07) is 12.1. The molecule has 0 bridgehead atoms. The molecule has 0 unspecified atom stereocenters. The molecule has 0 saturated heterocycles. The van der Waals surface area contributed by atoms with Gasteiger partial charge in [0.25, 0.3) is 5.91 Å². The molecule has 3 amide bonds. The topological polar surface area (TPSA) is 100 Å². The summed E-state index contributed by atoms with van der Waals surface area (Å²) >= 11 is 0. The number of carbonyl (C=O) groups excluding carboxylic acids is 2. The summed E-state index contributed by atoms with van der Waals surface area (Å²) in [4.78, 5) is 24.2. The second-order valence-electron chi connectivity index (χ2n) is 6.06. The fourth-order valence-corrected chi connectivity index (χ4v) is 2.44. The second-order valence-corrected chi connectivity index (χ2v) is 6.06. The Hall–Kier alpha value is -3.42. The maximum atomic E-state index is 12.4. The Morgan fingerprint density at radius 1 is 1.12 bits per heavy atom. The van der Waals surface area contributed by atoms with Crippen molar-refractivity contribution in [1.29, 1.82) is 0 Å². The minimum absolute atomic E-state index is 0.0273. The molecule has 0 aliphatic carbocycles. The number of anilines is 1. The zero-order valence-corrected chi connectivity index (χ0v) is 14.6. The van der Waals surface area contributed by atoms with Crippen LogP contribution in [0.4, 0.5) is 10.5 Å². The van der Waals surface area contributed by atoms with Gasteiger partial charge in [0.05, 0.1) is 6.54 Å². The molecular weight excluding hydrogens is 332 g/mol. The number of hydrogen-bond acceptors (Lipinski definition) is 4. The number of urea groups is 1. The number of amides is 3. The lowest BCUT2D eigenvalue weighted by Crippen LogP contribution is -2.34. The number of rotatable bonds is 5. The number of aromatic nitrogens is 3. The monoisotopic (exact) mass is 352 g/mol. The van der Waals surface area contributed by atoms with Crippen molar-refractivity contribution in [2.75, 3.05) is 5.32 Å². The van der Waals surface area contributed by atoms with Crippen LogP contribution < -0.4 is 16.0 Å². The third kappa shape index (κ3) is 4.15. The van der Waals surface area contributed by atoms with Gasteiger partial charge in [-0.05, 0) is 44.2 Å². The van der Waals surface area contributed by atoms with Crippen molar-refractivity contribution in [3.63, 3.8) is 0 Å². The van der Waals surface area contributed by atoms with Gasteiger partial charge in [0.1, 0.15) is 0 Å². The van der Waals surface area contributed by atoms with Crippen LogP contribution in [0.25, 0.3) is 5.65 Å². The van der Waals surface area contributed by atoms with Crippen molar-refractivity contribution < 1.29 is 9.59 Å². The normalized spacial score (nSPS) is 10.7. The molecule has 2 aromatic heterocycles. The molecule has 0 saturated carbocycles. The van der Waals surface area contributed by atoms with Crippen LogP contribution in [-0.2, 0) is 6.54 Å². The van der Waals surface area contributed by atoms with E-state index in [0.717, 1.165) is 5.65 Å². The Kier molecular flexibility index (Phi) is 5.12. The van der Waals surface area contributed by atoms with Crippen LogP contribution >= 0.6 is 0 Å². The van der Waals surface area contributed by atoms with E-state index in [2.05, 4.69) is 26.1 Å². The summed E-state index contributed by atoms with van der Waals surface area (Å²) in [5.74, 6) is 0.380. The average Bonchev–Trinajstić information content (AvgIpc) is 3.02. The van der Waals surface area contributed by atoms with Crippen molar-refractivity contribution in [2.45, 2.75) is 26.4 Å². The molecule has 8 heteroatoms. The van der Waals surface area contributed by atoms with Crippen molar-refractivity contribution >= 4 is 23.3 Å². The molecule has 8 nitrogen and oxygen atoms in total. The Morgan fingerprint density at radius 3 is 2.77 bits per heavy atom. The standard InChI is InChI=1S/C18H20N6O2/c1-12(2)20-18(26)21-14-7-5-6-13(10-14)17(25)19-11-16-23-22-15-8-3-4-9-24(15)16/h3-10,12H,11H2,1-2H3,(H,19,25)(H2,20,21,26). The summed E-state index contributed by atoms with van der Waals surface area (Å²) in [5, 5.41) is 16.4. The van der Waals surface area contributed by atoms with Crippen molar-refractivity contribution in [3.05, 3.63) is 60.0 Å². The highest BCUT2D eigenvalue weighted by Crippen LogP contribution is 2.11. The molecule has 3 rings (SSSR count). The number of benzene rings is 1. The number of hydrogen-bond donors (Lipinski definition) is 3. The number of nitrogens with zero attached hydrogens (tertiary/aromatic N) is 3. The van der Waals surface area contributed by atoms with Gasteiger partial charge in [0.2, 0.25) is 0 Å². The predicted octanol–water partition coefficient (Wildman–Crippen LogP) is 2.19. The smallest absolute Gasteiger partial charge is 0.319 e. The molecule has 3 aromatic rings. The molecule has 0 aliphatic rings. The first kappa shape index (κ1) is 17.4. The van der Waals surface area contributed by atoms with E-state index in [9.17, 15) is 9.59 Å². The van der Waals surface area contributed by atoms with E-state index in [1.54, 1.807) is 24.3 Å². The van der Waals surface area contributed by atoms with E-state index in [4.69, 9.17) is 0 Å². The largest absolute Gasteiger partial charge is 0.345 e. The third-order valence-electron chi connectivity index (χ3n) is 3.59. The summed E-state index contributed by atoms with van der Waals surface area (Å²) < 4.78 is 1.81. The zero-order valence-electron chi connectivity index (χ0n) is 14.6. The highest BCUT2D eigenvalue weighted by atomic mass is 16.2. The fourth-order valence-electron chi connectivity index (χ4n) is 2.44. The number of pyridine rings is 1. The van der Waals surface area contributed by atoms with Crippen molar-refractivity contribution in [1.82, 2.24) is 25.2 Å². The van der Waals surface area contributed by atoms with Crippen molar-refractivity contribution in [2.24, 2.45) is 0 Å². The first-order valence-corrected chi connectivity index (χ1v) is 8.27. The summed E-state index contributed by atoms with van der Waals surface area (Å²) in [6.07, 6.45) is 1.84. The molecule has 3 N–H and O–H groups in total.